The van der Waals surface area contributed by atoms with E-state index >= 15 is 0 Å². The number of hydrogen-bond acceptors (Lipinski definition) is 2. The maximum atomic E-state index is 14.1. The number of carbonyl (C=O) groups is 2. The molecule has 1 aliphatic carbocycles. The Kier molecular flexibility index (Phi) is 5.82. The number of carbonyl (C=O) groups excluding carboxylic acids is 2. The Morgan fingerprint density at radius 3 is 2.54 bits per heavy atom. The normalized spacial score (nSPS) is 18.5. The summed E-state index contributed by atoms with van der Waals surface area (Å²) in [7, 11) is 0. The maximum Gasteiger partial charge on any atom is 0.313 e. The molecule has 2 N–H and O–H groups in total. The number of rotatable bonds is 3. The average Bonchev–Trinajstić information content (AvgIpc) is 2.65. The monoisotopic (exact) mass is 382 g/mol. The molecule has 3 rings (SSSR count). The first kappa shape index (κ1) is 20.1. The van der Waals surface area contributed by atoms with Gasteiger partial charge in [0.25, 0.3) is 0 Å². The number of benzene rings is 2. The van der Waals surface area contributed by atoms with Gasteiger partial charge >= 0.3 is 11.8 Å². The molecule has 148 valence electrons. The fraction of sp³-hybridized carbons (Fsp3) is 0.391. The van der Waals surface area contributed by atoms with Crippen molar-refractivity contribution in [1.82, 2.24) is 5.32 Å². The molecule has 0 bridgehead atoms. The van der Waals surface area contributed by atoms with E-state index in [9.17, 15) is 14.0 Å². The van der Waals surface area contributed by atoms with Crippen LogP contribution < -0.4 is 10.6 Å². The van der Waals surface area contributed by atoms with Crippen LogP contribution in [-0.4, -0.2) is 11.8 Å². The Hall–Kier alpha value is -2.69. The van der Waals surface area contributed by atoms with Crippen molar-refractivity contribution in [3.63, 3.8) is 0 Å². The Balaban J connectivity index is 1.80. The second-order valence-corrected chi connectivity index (χ2v) is 7.92. The number of amides is 2. The van der Waals surface area contributed by atoms with Crippen LogP contribution in [0.5, 0.6) is 0 Å². The first-order valence-corrected chi connectivity index (χ1v) is 9.78. The van der Waals surface area contributed by atoms with Crippen molar-refractivity contribution in [2.24, 2.45) is 5.92 Å². The minimum atomic E-state index is -0.702. The van der Waals surface area contributed by atoms with Crippen LogP contribution in [-0.2, 0) is 16.0 Å². The van der Waals surface area contributed by atoms with Gasteiger partial charge in [0, 0.05) is 5.69 Å². The van der Waals surface area contributed by atoms with Gasteiger partial charge < -0.3 is 10.6 Å². The lowest BCUT2D eigenvalue weighted by molar-refractivity contribution is -0.136. The molecule has 2 aromatic rings. The highest BCUT2D eigenvalue weighted by atomic mass is 19.1. The summed E-state index contributed by atoms with van der Waals surface area (Å²) in [6, 6.07) is 10.3. The molecular formula is C23H27FN2O2. The molecule has 0 spiro atoms. The van der Waals surface area contributed by atoms with Gasteiger partial charge in [0.05, 0.1) is 6.04 Å². The number of hydrogen-bond donors (Lipinski definition) is 2. The van der Waals surface area contributed by atoms with Gasteiger partial charge in [-0.25, -0.2) is 4.39 Å². The third kappa shape index (κ3) is 3.93. The van der Waals surface area contributed by atoms with Gasteiger partial charge in [-0.05, 0) is 59.9 Å². The number of anilines is 1. The van der Waals surface area contributed by atoms with E-state index in [-0.39, 0.29) is 23.7 Å². The Labute approximate surface area is 165 Å². The smallest absolute Gasteiger partial charge is 0.313 e. The highest BCUT2D eigenvalue weighted by molar-refractivity contribution is 6.39. The summed E-state index contributed by atoms with van der Waals surface area (Å²) in [4.78, 5) is 25.2. The Morgan fingerprint density at radius 2 is 1.82 bits per heavy atom. The zero-order valence-electron chi connectivity index (χ0n) is 16.8. The lowest BCUT2D eigenvalue weighted by atomic mass is 9.80. The molecule has 0 unspecified atom stereocenters. The number of nitrogens with one attached hydrogen (secondary N) is 2. The van der Waals surface area contributed by atoms with Crippen molar-refractivity contribution in [3.8, 4) is 0 Å². The van der Waals surface area contributed by atoms with Gasteiger partial charge in [0.15, 0.2) is 0 Å². The standard InChI is InChI=1S/C23H27FN2O2/c1-13(2)16-8-5-7-14(3)20(16)25-22(27)23(28)26-21-15(4)11-12-17-18(21)9-6-10-19(17)24/h5-10,13,15,21H,11-12H2,1-4H3,(H,25,27)(H,26,28)/t15-,21+/m1/s1. The van der Waals surface area contributed by atoms with Crippen molar-refractivity contribution in [2.45, 2.75) is 52.5 Å². The van der Waals surface area contributed by atoms with E-state index < -0.39 is 11.8 Å². The number of halogens is 1. The molecule has 4 nitrogen and oxygen atoms in total. The van der Waals surface area contributed by atoms with E-state index in [0.29, 0.717) is 17.7 Å². The number of fused-ring (bicyclic) bond motifs is 1. The molecule has 0 fully saturated rings. The second kappa shape index (κ2) is 8.13. The molecule has 0 aromatic heterocycles. The largest absolute Gasteiger partial charge is 0.341 e. The Bertz CT molecular complexity index is 907. The van der Waals surface area contributed by atoms with Crippen LogP contribution >= 0.6 is 0 Å². The maximum absolute atomic E-state index is 14.1. The van der Waals surface area contributed by atoms with E-state index in [0.717, 1.165) is 23.1 Å². The molecule has 28 heavy (non-hydrogen) atoms. The molecule has 1 aliphatic rings. The molecule has 0 saturated carbocycles. The summed E-state index contributed by atoms with van der Waals surface area (Å²) in [6.45, 7) is 8.00. The van der Waals surface area contributed by atoms with Crippen molar-refractivity contribution >= 4 is 17.5 Å². The van der Waals surface area contributed by atoms with Crippen LogP contribution in [0.1, 0.15) is 61.4 Å². The summed E-state index contributed by atoms with van der Waals surface area (Å²) >= 11 is 0. The molecule has 0 aliphatic heterocycles. The van der Waals surface area contributed by atoms with Crippen LogP contribution in [0.4, 0.5) is 10.1 Å². The van der Waals surface area contributed by atoms with Gasteiger partial charge in [-0.2, -0.15) is 0 Å². The fourth-order valence-electron chi connectivity index (χ4n) is 3.92. The zero-order chi connectivity index (χ0) is 20.4. The van der Waals surface area contributed by atoms with Crippen LogP contribution in [0.2, 0.25) is 0 Å². The van der Waals surface area contributed by atoms with Crippen LogP contribution in [0.25, 0.3) is 0 Å². The molecule has 0 radical (unpaired) electrons. The summed E-state index contributed by atoms with van der Waals surface area (Å²) in [6.07, 6.45) is 1.40. The van der Waals surface area contributed by atoms with Gasteiger partial charge in [-0.3, -0.25) is 9.59 Å². The number of aryl methyl sites for hydroxylation is 1. The van der Waals surface area contributed by atoms with Gasteiger partial charge in [-0.1, -0.05) is 51.1 Å². The van der Waals surface area contributed by atoms with Crippen molar-refractivity contribution in [3.05, 3.63) is 64.5 Å². The van der Waals surface area contributed by atoms with E-state index in [1.807, 2.05) is 52.0 Å². The fourth-order valence-corrected chi connectivity index (χ4v) is 3.92. The first-order valence-electron chi connectivity index (χ1n) is 9.78. The van der Waals surface area contributed by atoms with Crippen LogP contribution in [0.15, 0.2) is 36.4 Å². The van der Waals surface area contributed by atoms with Crippen LogP contribution in [0, 0.1) is 18.7 Å². The van der Waals surface area contributed by atoms with Crippen molar-refractivity contribution < 1.29 is 14.0 Å². The van der Waals surface area contributed by atoms with Crippen LogP contribution in [0.3, 0.4) is 0 Å². The summed E-state index contributed by atoms with van der Waals surface area (Å²) in [5, 5.41) is 5.60. The second-order valence-electron chi connectivity index (χ2n) is 7.92. The zero-order valence-corrected chi connectivity index (χ0v) is 16.8. The van der Waals surface area contributed by atoms with Gasteiger partial charge in [-0.15, -0.1) is 0 Å². The van der Waals surface area contributed by atoms with E-state index in [1.54, 1.807) is 6.07 Å². The molecule has 2 aromatic carbocycles. The molecule has 2 atom stereocenters. The highest BCUT2D eigenvalue weighted by Gasteiger charge is 2.31. The average molecular weight is 382 g/mol. The minimum Gasteiger partial charge on any atom is -0.341 e. The first-order chi connectivity index (χ1) is 13.3. The lowest BCUT2D eigenvalue weighted by Gasteiger charge is -2.32. The molecule has 2 amide bonds. The minimum absolute atomic E-state index is 0.121. The topological polar surface area (TPSA) is 58.2 Å². The van der Waals surface area contributed by atoms with Crippen molar-refractivity contribution in [1.29, 1.82) is 0 Å². The quantitative estimate of drug-likeness (QED) is 0.760. The molecule has 0 heterocycles. The lowest BCUT2D eigenvalue weighted by Crippen LogP contribution is -2.41. The van der Waals surface area contributed by atoms with Crippen molar-refractivity contribution in [2.75, 3.05) is 5.32 Å². The molecule has 5 heteroatoms. The predicted octanol–water partition coefficient (Wildman–Crippen LogP) is 4.64. The molecular weight excluding hydrogens is 355 g/mol. The summed E-state index contributed by atoms with van der Waals surface area (Å²) < 4.78 is 14.1. The SMILES string of the molecule is Cc1cccc(C(C)C)c1NC(=O)C(=O)N[C@@H]1c2cccc(F)c2CC[C@H]1C. The predicted molar refractivity (Wildman–Crippen MR) is 109 cm³/mol. The number of para-hydroxylation sites is 1. The Morgan fingerprint density at radius 1 is 1.11 bits per heavy atom. The summed E-state index contributed by atoms with van der Waals surface area (Å²) in [5.41, 5.74) is 3.97. The van der Waals surface area contributed by atoms with E-state index in [4.69, 9.17) is 0 Å². The van der Waals surface area contributed by atoms with Gasteiger partial charge in [0.2, 0.25) is 0 Å². The molecule has 0 saturated heterocycles. The third-order valence-corrected chi connectivity index (χ3v) is 5.57. The van der Waals surface area contributed by atoms with E-state index in [1.165, 1.54) is 6.07 Å². The summed E-state index contributed by atoms with van der Waals surface area (Å²) in [5.74, 6) is -1.32. The third-order valence-electron chi connectivity index (χ3n) is 5.57. The van der Waals surface area contributed by atoms with Gasteiger partial charge in [0.1, 0.15) is 5.82 Å². The van der Waals surface area contributed by atoms with E-state index in [2.05, 4.69) is 10.6 Å². The highest BCUT2D eigenvalue weighted by Crippen LogP contribution is 2.35.